The Morgan fingerprint density at radius 2 is 2.07 bits per heavy atom. The van der Waals surface area contributed by atoms with Gasteiger partial charge in [0.2, 0.25) is 5.88 Å². The van der Waals surface area contributed by atoms with Gasteiger partial charge < -0.3 is 19.1 Å². The van der Waals surface area contributed by atoms with Gasteiger partial charge in [0.25, 0.3) is 0 Å². The Morgan fingerprint density at radius 1 is 1.24 bits per heavy atom. The van der Waals surface area contributed by atoms with Gasteiger partial charge in [0.1, 0.15) is 24.9 Å². The van der Waals surface area contributed by atoms with Crippen LogP contribution < -0.4 is 19.9 Å². The number of anilines is 3. The van der Waals surface area contributed by atoms with Gasteiger partial charge in [0.15, 0.2) is 11.6 Å². The molecule has 2 fully saturated rings. The van der Waals surface area contributed by atoms with Crippen molar-refractivity contribution in [1.82, 2.24) is 15.0 Å². The van der Waals surface area contributed by atoms with Crippen LogP contribution in [0.25, 0.3) is 11.3 Å². The second-order valence-electron chi connectivity index (χ2n) is 10.8. The van der Waals surface area contributed by atoms with Crippen molar-refractivity contribution in [2.45, 2.75) is 50.8 Å². The van der Waals surface area contributed by atoms with E-state index in [0.717, 1.165) is 31.5 Å². The first kappa shape index (κ1) is 28.4. The second-order valence-corrected chi connectivity index (χ2v) is 11.2. The maximum absolute atomic E-state index is 13.7. The molecular weight excluding hydrogens is 577 g/mol. The van der Waals surface area contributed by atoms with E-state index < -0.39 is 23.6 Å². The molecule has 222 valence electrons. The van der Waals surface area contributed by atoms with Gasteiger partial charge in [-0.1, -0.05) is 23.7 Å². The predicted molar refractivity (Wildman–Crippen MR) is 149 cm³/mol. The Hall–Kier alpha value is -3.68. The highest BCUT2D eigenvalue weighted by Gasteiger charge is 2.39. The summed E-state index contributed by atoms with van der Waals surface area (Å²) in [6.07, 6.45) is -1.95. The van der Waals surface area contributed by atoms with Crippen molar-refractivity contribution < 1.29 is 32.2 Å². The first-order chi connectivity index (χ1) is 20.0. The number of piperidine rings is 1. The van der Waals surface area contributed by atoms with E-state index in [4.69, 9.17) is 25.8 Å². The summed E-state index contributed by atoms with van der Waals surface area (Å²) in [5, 5.41) is 2.99. The number of alkyl halides is 3. The predicted octanol–water partition coefficient (Wildman–Crippen LogP) is 5.76. The van der Waals surface area contributed by atoms with Crippen LogP contribution in [0, 0.1) is 0 Å². The number of halogens is 4. The topological polar surface area (TPSA) is 102 Å². The van der Waals surface area contributed by atoms with Crippen molar-refractivity contribution in [2.24, 2.45) is 0 Å². The summed E-state index contributed by atoms with van der Waals surface area (Å²) in [7, 11) is 0. The number of nitrogens with one attached hydrogen (secondary N) is 1. The fourth-order valence-corrected chi connectivity index (χ4v) is 5.68. The van der Waals surface area contributed by atoms with Crippen LogP contribution in [0.5, 0.6) is 5.88 Å². The summed E-state index contributed by atoms with van der Waals surface area (Å²) in [5.74, 6) is 0.0816. The molecule has 2 bridgehead atoms. The largest absolute Gasteiger partial charge is 0.475 e. The molecule has 1 aromatic carbocycles. The average Bonchev–Trinajstić information content (AvgIpc) is 3.30. The minimum atomic E-state index is -4.53. The van der Waals surface area contributed by atoms with Gasteiger partial charge in [0, 0.05) is 24.7 Å². The SMILES string of the molecule is CC1(C)OC[C@H](COc2cc(NC(=O)N3c4nc(-c5cccc(C(F)(F)F)c5)c(Cl)cc4N4CCCC3C4)ncn2)O1. The van der Waals surface area contributed by atoms with E-state index in [1.165, 1.54) is 29.4 Å². The summed E-state index contributed by atoms with van der Waals surface area (Å²) < 4.78 is 57.3. The lowest BCUT2D eigenvalue weighted by Crippen LogP contribution is -2.56. The van der Waals surface area contributed by atoms with Gasteiger partial charge in [-0.2, -0.15) is 13.2 Å². The lowest BCUT2D eigenvalue weighted by molar-refractivity contribution is -0.141. The number of nitrogens with zero attached hydrogens (tertiary/aromatic N) is 5. The van der Waals surface area contributed by atoms with Gasteiger partial charge in [0.05, 0.1) is 34.6 Å². The van der Waals surface area contributed by atoms with Gasteiger partial charge >= 0.3 is 12.2 Å². The first-order valence-corrected chi connectivity index (χ1v) is 13.8. The van der Waals surface area contributed by atoms with Crippen LogP contribution in [0.2, 0.25) is 5.02 Å². The van der Waals surface area contributed by atoms with Crippen LogP contribution in [0.1, 0.15) is 32.3 Å². The zero-order valence-corrected chi connectivity index (χ0v) is 23.6. The lowest BCUT2D eigenvalue weighted by atomic mass is 9.99. The molecule has 10 nitrogen and oxygen atoms in total. The average molecular weight is 605 g/mol. The van der Waals surface area contributed by atoms with E-state index in [-0.39, 0.29) is 46.7 Å². The van der Waals surface area contributed by atoms with E-state index >= 15 is 0 Å². The molecule has 3 aliphatic rings. The summed E-state index contributed by atoms with van der Waals surface area (Å²) in [4.78, 5) is 30.3. The molecule has 5 heterocycles. The molecule has 0 radical (unpaired) electrons. The molecule has 2 saturated heterocycles. The third-order valence-corrected chi connectivity index (χ3v) is 7.60. The van der Waals surface area contributed by atoms with Crippen LogP contribution in [0.4, 0.5) is 35.3 Å². The fourth-order valence-electron chi connectivity index (χ4n) is 5.42. The zero-order chi connectivity index (χ0) is 29.6. The smallest absolute Gasteiger partial charge is 0.416 e. The highest BCUT2D eigenvalue weighted by atomic mass is 35.5. The molecule has 42 heavy (non-hydrogen) atoms. The maximum atomic E-state index is 13.7. The van der Waals surface area contributed by atoms with Crippen LogP contribution in [0.15, 0.2) is 42.7 Å². The number of amides is 2. The maximum Gasteiger partial charge on any atom is 0.416 e. The van der Waals surface area contributed by atoms with Gasteiger partial charge in [-0.3, -0.25) is 10.2 Å². The van der Waals surface area contributed by atoms with Crippen LogP contribution >= 0.6 is 11.6 Å². The number of urea groups is 1. The Morgan fingerprint density at radius 3 is 2.83 bits per heavy atom. The van der Waals surface area contributed by atoms with E-state index in [1.807, 2.05) is 13.8 Å². The third-order valence-electron chi connectivity index (χ3n) is 7.31. The van der Waals surface area contributed by atoms with Crippen LogP contribution in [0.3, 0.4) is 0 Å². The van der Waals surface area contributed by atoms with Crippen molar-refractivity contribution in [1.29, 1.82) is 0 Å². The minimum Gasteiger partial charge on any atom is -0.475 e. The molecule has 6 rings (SSSR count). The number of hydrogen-bond donors (Lipinski definition) is 1. The van der Waals surface area contributed by atoms with Crippen LogP contribution in [-0.4, -0.2) is 65.2 Å². The lowest BCUT2D eigenvalue weighted by Gasteiger charge is -2.46. The van der Waals surface area contributed by atoms with Crippen molar-refractivity contribution in [3.05, 3.63) is 53.3 Å². The molecule has 3 aliphatic heterocycles. The fraction of sp³-hybridized carbons (Fsp3) is 0.429. The summed E-state index contributed by atoms with van der Waals surface area (Å²) in [5.41, 5.74) is 0.166. The summed E-state index contributed by atoms with van der Waals surface area (Å²) >= 11 is 6.57. The number of carbonyl (C=O) groups is 1. The quantitative estimate of drug-likeness (QED) is 0.392. The number of fused-ring (bicyclic) bond motifs is 4. The molecule has 2 amide bonds. The van der Waals surface area contributed by atoms with Gasteiger partial charge in [-0.15, -0.1) is 0 Å². The highest BCUT2D eigenvalue weighted by Crippen LogP contribution is 2.43. The Bertz CT molecular complexity index is 1510. The molecule has 0 aliphatic carbocycles. The van der Waals surface area contributed by atoms with E-state index in [0.29, 0.717) is 24.7 Å². The minimum absolute atomic E-state index is 0.152. The zero-order valence-electron chi connectivity index (χ0n) is 22.8. The number of rotatable bonds is 5. The summed E-state index contributed by atoms with van der Waals surface area (Å²) in [6.45, 7) is 5.54. The molecule has 0 spiro atoms. The molecule has 1 N–H and O–H groups in total. The first-order valence-electron chi connectivity index (χ1n) is 13.5. The van der Waals surface area contributed by atoms with Gasteiger partial charge in [-0.05, 0) is 44.9 Å². The second kappa shape index (κ2) is 10.9. The normalized spacial score (nSPS) is 21.2. The number of hydrogen-bond acceptors (Lipinski definition) is 8. The Labute approximate surface area is 244 Å². The summed E-state index contributed by atoms with van der Waals surface area (Å²) in [6, 6.07) is 7.26. The standard InChI is InChI=1S/C28H28ClF3N6O4/c1-27(2)41-14-19(42-27)13-40-23-11-22(33-15-34-23)35-26(39)38-18-7-4-8-37(12-18)21-10-20(29)24(36-25(21)38)16-5-3-6-17(9-16)28(30,31)32/h3,5-6,9-11,15,18-19H,4,7-8,12-14H2,1-2H3,(H,33,34,35,39)/t18?,19-/m0/s1. The van der Waals surface area contributed by atoms with E-state index in [1.54, 1.807) is 6.07 Å². The number of aromatic nitrogens is 3. The molecule has 2 atom stereocenters. The molecule has 2 aromatic heterocycles. The van der Waals surface area contributed by atoms with Crippen molar-refractivity contribution >= 4 is 35.0 Å². The number of pyridine rings is 1. The van der Waals surface area contributed by atoms with E-state index in [2.05, 4.69) is 25.2 Å². The monoisotopic (exact) mass is 604 g/mol. The highest BCUT2D eigenvalue weighted by molar-refractivity contribution is 6.33. The number of benzene rings is 1. The Kier molecular flexibility index (Phi) is 7.36. The van der Waals surface area contributed by atoms with Gasteiger partial charge in [-0.25, -0.2) is 19.7 Å². The molecule has 3 aromatic rings. The molecular formula is C28H28ClF3N6O4. The van der Waals surface area contributed by atoms with Crippen molar-refractivity contribution in [3.8, 4) is 17.1 Å². The molecule has 14 heteroatoms. The number of ether oxygens (including phenoxy) is 3. The number of carbonyl (C=O) groups excluding carboxylic acids is 1. The van der Waals surface area contributed by atoms with Crippen molar-refractivity contribution in [2.75, 3.05) is 41.4 Å². The molecule has 1 unspecified atom stereocenters. The molecule has 0 saturated carbocycles. The van der Waals surface area contributed by atoms with E-state index in [9.17, 15) is 18.0 Å². The third kappa shape index (κ3) is 5.81. The van der Waals surface area contributed by atoms with Crippen molar-refractivity contribution in [3.63, 3.8) is 0 Å². The van der Waals surface area contributed by atoms with Crippen LogP contribution in [-0.2, 0) is 15.7 Å². The Balaban J connectivity index is 1.27.